The van der Waals surface area contributed by atoms with E-state index in [1.54, 1.807) is 0 Å². The Bertz CT molecular complexity index is 933. The summed E-state index contributed by atoms with van der Waals surface area (Å²) in [5, 5.41) is 0. The number of aromatic nitrogens is 2. The van der Waals surface area contributed by atoms with Crippen molar-refractivity contribution in [2.75, 3.05) is 25.0 Å². The lowest BCUT2D eigenvalue weighted by atomic mass is 9.76. The number of benzene rings is 1. The first-order chi connectivity index (χ1) is 16.9. The molecule has 1 aliphatic heterocycles. The fourth-order valence-electron chi connectivity index (χ4n) is 6.14. The normalized spacial score (nSPS) is 25.7. The van der Waals surface area contributed by atoms with Gasteiger partial charge in [0, 0.05) is 55.0 Å². The Hall–Kier alpha value is -2.27. The van der Waals surface area contributed by atoms with Crippen LogP contribution in [0, 0.1) is 17.8 Å². The van der Waals surface area contributed by atoms with Crippen molar-refractivity contribution in [2.24, 2.45) is 17.8 Å². The molecule has 2 aromatic rings. The van der Waals surface area contributed by atoms with Crippen LogP contribution in [0.4, 0.5) is 5.95 Å². The zero-order valence-corrected chi connectivity index (χ0v) is 22.4. The molecule has 35 heavy (non-hydrogen) atoms. The molecule has 5 nitrogen and oxygen atoms in total. The summed E-state index contributed by atoms with van der Waals surface area (Å²) in [7, 11) is 2.22. The molecule has 2 fully saturated rings. The SMILES string of the molecule is CCC1CN(C)CC(CC)N1c1ncc(-c2ccc(C[C@H]3CC[C@@H](C(=O)C(C)C)CC3)cc2)cn1. The lowest BCUT2D eigenvalue weighted by molar-refractivity contribution is -0.127. The molecule has 0 N–H and O–H groups in total. The van der Waals surface area contributed by atoms with E-state index in [9.17, 15) is 4.79 Å². The molecule has 2 unspecified atom stereocenters. The molecule has 2 heterocycles. The smallest absolute Gasteiger partial charge is 0.225 e. The zero-order valence-electron chi connectivity index (χ0n) is 22.4. The maximum absolute atomic E-state index is 12.3. The number of rotatable bonds is 8. The predicted octanol–water partition coefficient (Wildman–Crippen LogP) is 6.03. The van der Waals surface area contributed by atoms with E-state index in [1.165, 1.54) is 24.0 Å². The van der Waals surface area contributed by atoms with Crippen LogP contribution in [-0.2, 0) is 11.2 Å². The third-order valence-corrected chi connectivity index (χ3v) is 8.27. The summed E-state index contributed by atoms with van der Waals surface area (Å²) in [6.45, 7) is 10.7. The molecule has 4 rings (SSSR count). The molecule has 1 aromatic heterocycles. The number of anilines is 1. The number of Topliss-reactive ketones (excluding diaryl/α,β-unsaturated/α-hetero) is 1. The average molecular weight is 477 g/mol. The lowest BCUT2D eigenvalue weighted by Crippen LogP contribution is -2.58. The van der Waals surface area contributed by atoms with Gasteiger partial charge in [-0.1, -0.05) is 52.0 Å². The van der Waals surface area contributed by atoms with Gasteiger partial charge in [-0.15, -0.1) is 0 Å². The lowest BCUT2D eigenvalue weighted by Gasteiger charge is -2.45. The summed E-state index contributed by atoms with van der Waals surface area (Å²) in [5.74, 6) is 2.49. The second kappa shape index (κ2) is 11.6. The van der Waals surface area contributed by atoms with Crippen molar-refractivity contribution in [3.63, 3.8) is 0 Å². The Morgan fingerprint density at radius 3 is 2.00 bits per heavy atom. The minimum atomic E-state index is 0.171. The van der Waals surface area contributed by atoms with Gasteiger partial charge in [0.2, 0.25) is 5.95 Å². The Labute approximate surface area is 212 Å². The molecule has 1 saturated carbocycles. The van der Waals surface area contributed by atoms with E-state index in [1.807, 2.05) is 26.2 Å². The van der Waals surface area contributed by atoms with Crippen molar-refractivity contribution in [3.05, 3.63) is 42.2 Å². The van der Waals surface area contributed by atoms with Crippen LogP contribution < -0.4 is 4.90 Å². The minimum Gasteiger partial charge on any atom is -0.332 e. The second-order valence-electron chi connectivity index (χ2n) is 11.2. The van der Waals surface area contributed by atoms with Gasteiger partial charge in [0.05, 0.1) is 0 Å². The predicted molar refractivity (Wildman–Crippen MR) is 145 cm³/mol. The third kappa shape index (κ3) is 6.11. The fourth-order valence-corrected chi connectivity index (χ4v) is 6.14. The van der Waals surface area contributed by atoms with Crippen LogP contribution in [0.2, 0.25) is 0 Å². The molecule has 0 amide bonds. The average Bonchev–Trinajstić information content (AvgIpc) is 2.88. The van der Waals surface area contributed by atoms with Crippen LogP contribution in [0.15, 0.2) is 36.7 Å². The molecule has 0 spiro atoms. The van der Waals surface area contributed by atoms with Crippen molar-refractivity contribution in [3.8, 4) is 11.1 Å². The molecule has 2 atom stereocenters. The Kier molecular flexibility index (Phi) is 8.59. The third-order valence-electron chi connectivity index (χ3n) is 8.27. The minimum absolute atomic E-state index is 0.171. The standard InChI is InChI=1S/C30H44N4O/c1-6-27-19-33(5)20-28(7-2)34(27)30-31-17-26(18-32-30)24-12-8-22(9-13-24)16-23-10-14-25(15-11-23)29(35)21(3)4/h8-9,12-13,17-18,21,23,25,27-28H,6-7,10-11,14-16,19-20H2,1-5H3/t23-,25+,27?,28?. The van der Waals surface area contributed by atoms with E-state index in [-0.39, 0.29) is 5.92 Å². The molecule has 190 valence electrons. The number of hydrogen-bond donors (Lipinski definition) is 0. The highest BCUT2D eigenvalue weighted by molar-refractivity contribution is 5.82. The quantitative estimate of drug-likeness (QED) is 0.466. The van der Waals surface area contributed by atoms with Crippen LogP contribution in [0.1, 0.15) is 71.8 Å². The number of likely N-dealkylation sites (N-methyl/N-ethyl adjacent to an activating group) is 1. The number of ketones is 1. The van der Waals surface area contributed by atoms with Crippen LogP contribution in [0.5, 0.6) is 0 Å². The number of carbonyl (C=O) groups excluding carboxylic acids is 1. The molecular formula is C30H44N4O. The maximum atomic E-state index is 12.3. The summed E-state index contributed by atoms with van der Waals surface area (Å²) in [6.07, 6.45) is 11.8. The van der Waals surface area contributed by atoms with E-state index in [0.717, 1.165) is 56.7 Å². The first kappa shape index (κ1) is 25.8. The van der Waals surface area contributed by atoms with Crippen molar-refractivity contribution < 1.29 is 4.79 Å². The van der Waals surface area contributed by atoms with Gasteiger partial charge >= 0.3 is 0 Å². The topological polar surface area (TPSA) is 49.3 Å². The Morgan fingerprint density at radius 1 is 0.914 bits per heavy atom. The summed E-state index contributed by atoms with van der Waals surface area (Å²) in [6, 6.07) is 9.86. The van der Waals surface area contributed by atoms with Crippen LogP contribution >= 0.6 is 0 Å². The summed E-state index contributed by atoms with van der Waals surface area (Å²) in [5.41, 5.74) is 3.63. The van der Waals surface area contributed by atoms with Gasteiger partial charge in [0.25, 0.3) is 0 Å². The monoisotopic (exact) mass is 476 g/mol. The number of nitrogens with zero attached hydrogens (tertiary/aromatic N) is 4. The number of carbonyl (C=O) groups is 1. The maximum Gasteiger partial charge on any atom is 0.225 e. The van der Waals surface area contributed by atoms with Gasteiger partial charge in [0.1, 0.15) is 5.78 Å². The van der Waals surface area contributed by atoms with E-state index >= 15 is 0 Å². The van der Waals surface area contributed by atoms with Gasteiger partial charge in [-0.3, -0.25) is 4.79 Å². The molecule has 0 radical (unpaired) electrons. The molecule has 1 aromatic carbocycles. The van der Waals surface area contributed by atoms with Crippen molar-refractivity contribution in [1.29, 1.82) is 0 Å². The Morgan fingerprint density at radius 2 is 1.49 bits per heavy atom. The summed E-state index contributed by atoms with van der Waals surface area (Å²) >= 11 is 0. The first-order valence-corrected chi connectivity index (χ1v) is 13.8. The van der Waals surface area contributed by atoms with Crippen LogP contribution in [0.25, 0.3) is 11.1 Å². The number of hydrogen-bond acceptors (Lipinski definition) is 5. The second-order valence-corrected chi connectivity index (χ2v) is 11.2. The van der Waals surface area contributed by atoms with Crippen LogP contribution in [-0.4, -0.2) is 52.9 Å². The molecule has 2 aliphatic rings. The highest BCUT2D eigenvalue weighted by Crippen LogP contribution is 2.33. The van der Waals surface area contributed by atoms with Crippen molar-refractivity contribution in [2.45, 2.75) is 84.7 Å². The highest BCUT2D eigenvalue weighted by atomic mass is 16.1. The highest BCUT2D eigenvalue weighted by Gasteiger charge is 2.33. The summed E-state index contributed by atoms with van der Waals surface area (Å²) < 4.78 is 0. The van der Waals surface area contributed by atoms with E-state index in [0.29, 0.717) is 29.7 Å². The molecule has 1 aliphatic carbocycles. The van der Waals surface area contributed by atoms with Crippen molar-refractivity contribution >= 4 is 11.7 Å². The van der Waals surface area contributed by atoms with Gasteiger partial charge < -0.3 is 9.80 Å². The van der Waals surface area contributed by atoms with E-state index in [4.69, 9.17) is 9.97 Å². The largest absolute Gasteiger partial charge is 0.332 e. The number of piperazine rings is 1. The molecule has 5 heteroatoms. The summed E-state index contributed by atoms with van der Waals surface area (Å²) in [4.78, 5) is 26.8. The van der Waals surface area contributed by atoms with Gasteiger partial charge in [-0.05, 0) is 69.0 Å². The molecular weight excluding hydrogens is 432 g/mol. The molecule has 1 saturated heterocycles. The van der Waals surface area contributed by atoms with Gasteiger partial charge in [0.15, 0.2) is 0 Å². The van der Waals surface area contributed by atoms with Gasteiger partial charge in [-0.2, -0.15) is 0 Å². The Balaban J connectivity index is 1.37. The van der Waals surface area contributed by atoms with Crippen LogP contribution in [0.3, 0.4) is 0 Å². The fraction of sp³-hybridized carbons (Fsp3) is 0.633. The first-order valence-electron chi connectivity index (χ1n) is 13.8. The zero-order chi connectivity index (χ0) is 24.9. The van der Waals surface area contributed by atoms with E-state index < -0.39 is 0 Å². The van der Waals surface area contributed by atoms with Crippen molar-refractivity contribution in [1.82, 2.24) is 14.9 Å². The molecule has 0 bridgehead atoms. The van der Waals surface area contributed by atoms with Gasteiger partial charge in [-0.25, -0.2) is 9.97 Å². The van der Waals surface area contributed by atoms with E-state index in [2.05, 4.69) is 55.0 Å².